The number of amides is 1. The Morgan fingerprint density at radius 3 is 2.96 bits per heavy atom. The van der Waals surface area contributed by atoms with E-state index in [-0.39, 0.29) is 17.7 Å². The topological polar surface area (TPSA) is 89.1 Å². The lowest BCUT2D eigenvalue weighted by Gasteiger charge is -2.07. The highest BCUT2D eigenvalue weighted by Crippen LogP contribution is 2.37. The molecule has 24 heavy (non-hydrogen) atoms. The average Bonchev–Trinajstić information content (AvgIpc) is 3.23. The molecule has 2 N–H and O–H groups in total. The number of carbonyl (C=O) groups excluding carboxylic acids is 1. The quantitative estimate of drug-likeness (QED) is 0.763. The zero-order chi connectivity index (χ0) is 16.5. The highest BCUT2D eigenvalue weighted by Gasteiger charge is 2.18. The molecule has 0 radical (unpaired) electrons. The molecular formula is C16H11ClN4O3. The fourth-order valence-electron chi connectivity index (χ4n) is 2.40. The van der Waals surface area contributed by atoms with Crippen molar-refractivity contribution in [3.8, 4) is 22.6 Å². The van der Waals surface area contributed by atoms with Gasteiger partial charge in [0.05, 0.1) is 16.8 Å². The van der Waals surface area contributed by atoms with Crippen LogP contribution in [0.5, 0.6) is 11.5 Å². The Bertz CT molecular complexity index is 925. The van der Waals surface area contributed by atoms with Crippen LogP contribution in [0.3, 0.4) is 0 Å². The molecule has 1 aromatic carbocycles. The van der Waals surface area contributed by atoms with Gasteiger partial charge < -0.3 is 14.8 Å². The van der Waals surface area contributed by atoms with Crippen molar-refractivity contribution in [3.63, 3.8) is 0 Å². The molecule has 0 atom stereocenters. The summed E-state index contributed by atoms with van der Waals surface area (Å²) in [6, 6.07) is 7.07. The van der Waals surface area contributed by atoms with Crippen LogP contribution in [0, 0.1) is 0 Å². The predicted octanol–water partition coefficient (Wildman–Crippen LogP) is 3.11. The number of hydrogen-bond donors (Lipinski definition) is 2. The normalized spacial score (nSPS) is 12.2. The van der Waals surface area contributed by atoms with Crippen LogP contribution >= 0.6 is 11.6 Å². The fraction of sp³-hybridized carbons (Fsp3) is 0.0625. The first-order valence-corrected chi connectivity index (χ1v) is 7.44. The molecule has 3 aromatic rings. The maximum atomic E-state index is 12.4. The van der Waals surface area contributed by atoms with Gasteiger partial charge in [0, 0.05) is 18.0 Å². The predicted molar refractivity (Wildman–Crippen MR) is 87.3 cm³/mol. The van der Waals surface area contributed by atoms with E-state index in [9.17, 15) is 4.79 Å². The molecular weight excluding hydrogens is 332 g/mol. The third-order valence-electron chi connectivity index (χ3n) is 3.58. The second-order valence-electron chi connectivity index (χ2n) is 5.04. The van der Waals surface area contributed by atoms with Crippen LogP contribution in [0.25, 0.3) is 11.1 Å². The van der Waals surface area contributed by atoms with Gasteiger partial charge in [0.15, 0.2) is 11.5 Å². The number of fused-ring (bicyclic) bond motifs is 1. The van der Waals surface area contributed by atoms with Crippen molar-refractivity contribution in [2.75, 3.05) is 12.1 Å². The van der Waals surface area contributed by atoms with Crippen LogP contribution in [0.2, 0.25) is 5.02 Å². The Balaban J connectivity index is 1.64. The Hall–Kier alpha value is -3.06. The molecule has 120 valence electrons. The Kier molecular flexibility index (Phi) is 3.55. The standard InChI is InChI=1S/C16H11ClN4O3/c17-12-7-18-4-3-10(12)16(22)20-15-11(6-19-21-15)9-1-2-13-14(5-9)24-8-23-13/h1-7H,8H2,(H2,19,20,21,22). The van der Waals surface area contributed by atoms with Crippen molar-refractivity contribution in [1.82, 2.24) is 15.2 Å². The lowest BCUT2D eigenvalue weighted by atomic mass is 10.1. The van der Waals surface area contributed by atoms with Crippen LogP contribution in [-0.2, 0) is 0 Å². The van der Waals surface area contributed by atoms with Crippen LogP contribution in [-0.4, -0.2) is 27.9 Å². The number of pyridine rings is 1. The number of halogens is 1. The molecule has 3 heterocycles. The summed E-state index contributed by atoms with van der Waals surface area (Å²) in [5.74, 6) is 1.46. The molecule has 1 amide bonds. The second-order valence-corrected chi connectivity index (χ2v) is 5.44. The number of nitrogens with zero attached hydrogens (tertiary/aromatic N) is 2. The summed E-state index contributed by atoms with van der Waals surface area (Å²) >= 11 is 6.00. The number of hydrogen-bond acceptors (Lipinski definition) is 5. The molecule has 1 aliphatic heterocycles. The molecule has 8 heteroatoms. The van der Waals surface area contributed by atoms with Crippen LogP contribution < -0.4 is 14.8 Å². The average molecular weight is 343 g/mol. The number of rotatable bonds is 3. The van der Waals surface area contributed by atoms with E-state index in [1.165, 1.54) is 12.4 Å². The summed E-state index contributed by atoms with van der Waals surface area (Å²) in [6.07, 6.45) is 4.55. The van der Waals surface area contributed by atoms with Gasteiger partial charge in [-0.25, -0.2) is 0 Å². The molecule has 0 unspecified atom stereocenters. The molecule has 7 nitrogen and oxygen atoms in total. The first kappa shape index (κ1) is 14.5. The fourth-order valence-corrected chi connectivity index (χ4v) is 2.61. The van der Waals surface area contributed by atoms with E-state index in [0.717, 1.165) is 11.1 Å². The van der Waals surface area contributed by atoms with Gasteiger partial charge in [-0.2, -0.15) is 5.10 Å². The van der Waals surface area contributed by atoms with Crippen LogP contribution in [0.4, 0.5) is 5.82 Å². The summed E-state index contributed by atoms with van der Waals surface area (Å²) in [5, 5.41) is 9.83. The minimum atomic E-state index is -0.353. The van der Waals surface area contributed by atoms with E-state index in [4.69, 9.17) is 21.1 Å². The first-order valence-electron chi connectivity index (χ1n) is 7.06. The lowest BCUT2D eigenvalue weighted by Crippen LogP contribution is -2.13. The van der Waals surface area contributed by atoms with E-state index in [1.54, 1.807) is 12.3 Å². The van der Waals surface area contributed by atoms with Crippen molar-refractivity contribution in [3.05, 3.63) is 53.4 Å². The smallest absolute Gasteiger partial charge is 0.258 e. The molecule has 0 spiro atoms. The van der Waals surface area contributed by atoms with Crippen LogP contribution in [0.15, 0.2) is 42.9 Å². The molecule has 1 aliphatic rings. The van der Waals surface area contributed by atoms with Gasteiger partial charge in [-0.15, -0.1) is 0 Å². The van der Waals surface area contributed by atoms with Gasteiger partial charge in [0.1, 0.15) is 5.82 Å². The van der Waals surface area contributed by atoms with E-state index < -0.39 is 0 Å². The van der Waals surface area contributed by atoms with Crippen LogP contribution in [0.1, 0.15) is 10.4 Å². The molecule has 0 bridgehead atoms. The molecule has 4 rings (SSSR count). The van der Waals surface area contributed by atoms with E-state index in [1.807, 2.05) is 18.2 Å². The number of aromatic amines is 1. The zero-order valence-corrected chi connectivity index (χ0v) is 13.0. The Morgan fingerprint density at radius 1 is 1.21 bits per heavy atom. The monoisotopic (exact) mass is 342 g/mol. The SMILES string of the molecule is O=C(Nc1[nH]ncc1-c1ccc2c(c1)OCO2)c1ccncc1Cl. The Morgan fingerprint density at radius 2 is 2.08 bits per heavy atom. The third kappa shape index (κ3) is 2.55. The highest BCUT2D eigenvalue weighted by atomic mass is 35.5. The number of nitrogens with one attached hydrogen (secondary N) is 2. The molecule has 0 saturated carbocycles. The van der Waals surface area contributed by atoms with Gasteiger partial charge in [0.2, 0.25) is 6.79 Å². The number of anilines is 1. The number of H-pyrrole nitrogens is 1. The highest BCUT2D eigenvalue weighted by molar-refractivity contribution is 6.34. The molecule has 0 aliphatic carbocycles. The van der Waals surface area contributed by atoms with Crippen molar-refractivity contribution in [2.45, 2.75) is 0 Å². The summed E-state index contributed by atoms with van der Waals surface area (Å²) < 4.78 is 10.7. The summed E-state index contributed by atoms with van der Waals surface area (Å²) in [4.78, 5) is 16.3. The molecule has 0 fully saturated rings. The van der Waals surface area contributed by atoms with Crippen molar-refractivity contribution < 1.29 is 14.3 Å². The summed E-state index contributed by atoms with van der Waals surface area (Å²) in [5.41, 5.74) is 1.90. The lowest BCUT2D eigenvalue weighted by molar-refractivity contribution is 0.102. The van der Waals surface area contributed by atoms with Gasteiger partial charge in [-0.05, 0) is 23.8 Å². The van der Waals surface area contributed by atoms with Crippen molar-refractivity contribution >= 4 is 23.3 Å². The molecule has 2 aromatic heterocycles. The maximum absolute atomic E-state index is 12.4. The van der Waals surface area contributed by atoms with E-state index >= 15 is 0 Å². The van der Waals surface area contributed by atoms with E-state index in [0.29, 0.717) is 22.9 Å². The first-order chi connectivity index (χ1) is 11.7. The third-order valence-corrected chi connectivity index (χ3v) is 3.88. The van der Waals surface area contributed by atoms with Gasteiger partial charge in [-0.1, -0.05) is 17.7 Å². The number of aromatic nitrogens is 3. The Labute approximate surface area is 141 Å². The number of benzene rings is 1. The summed E-state index contributed by atoms with van der Waals surface area (Å²) in [7, 11) is 0. The number of carbonyl (C=O) groups is 1. The molecule has 0 saturated heterocycles. The van der Waals surface area contributed by atoms with Gasteiger partial charge in [-0.3, -0.25) is 14.9 Å². The van der Waals surface area contributed by atoms with Crippen molar-refractivity contribution in [1.29, 1.82) is 0 Å². The second kappa shape index (κ2) is 5.86. The van der Waals surface area contributed by atoms with Crippen molar-refractivity contribution in [2.24, 2.45) is 0 Å². The van der Waals surface area contributed by atoms with Gasteiger partial charge >= 0.3 is 0 Å². The minimum absolute atomic E-state index is 0.203. The number of ether oxygens (including phenoxy) is 2. The maximum Gasteiger partial charge on any atom is 0.258 e. The van der Waals surface area contributed by atoms with Gasteiger partial charge in [0.25, 0.3) is 5.91 Å². The summed E-state index contributed by atoms with van der Waals surface area (Å²) in [6.45, 7) is 0.203. The largest absolute Gasteiger partial charge is 0.454 e. The minimum Gasteiger partial charge on any atom is -0.454 e. The van der Waals surface area contributed by atoms with E-state index in [2.05, 4.69) is 20.5 Å². The zero-order valence-electron chi connectivity index (χ0n) is 12.2.